The van der Waals surface area contributed by atoms with Gasteiger partial charge in [0, 0.05) is 44.2 Å². The minimum absolute atomic E-state index is 0.219. The molecule has 0 spiro atoms. The highest BCUT2D eigenvalue weighted by Gasteiger charge is 2.40. The smallest absolute Gasteiger partial charge is 0.0594 e. The van der Waals surface area contributed by atoms with Crippen LogP contribution in [0.1, 0.15) is 36.2 Å². The van der Waals surface area contributed by atoms with Crippen molar-refractivity contribution in [3.8, 4) is 33.6 Å². The van der Waals surface area contributed by atoms with Crippen molar-refractivity contribution in [2.75, 3.05) is 0 Å². The molecule has 52 heavy (non-hydrogen) atoms. The number of aromatic nitrogens is 2. The van der Waals surface area contributed by atoms with Crippen LogP contribution in [0.5, 0.6) is 0 Å². The molecule has 0 atom stereocenters. The fraction of sp³-hybridized carbons (Fsp3) is 0.0800. The standard InChI is InChI=1S/C50H38N2/c1-5-6-22-37-32(2)51(35-18-9-7-10-19-35)45-29-27-34(30-41(37)45)40-31-42-46-38-23-14-13-17-33(38)26-28-43(46)50(3,4)48(42)49-47(40)39-24-15-16-25-44(39)52(49)36-20-11-8-12-21-36/h5-31H,1H2,2-4H3/b22-6-. The third-order valence-corrected chi connectivity index (χ3v) is 11.4. The van der Waals surface area contributed by atoms with Gasteiger partial charge in [-0.15, -0.1) is 0 Å². The highest BCUT2D eigenvalue weighted by molar-refractivity contribution is 6.21. The molecule has 0 bridgehead atoms. The highest BCUT2D eigenvalue weighted by atomic mass is 15.0. The second-order valence-corrected chi connectivity index (χ2v) is 14.6. The molecule has 7 aromatic carbocycles. The fourth-order valence-corrected chi connectivity index (χ4v) is 9.18. The van der Waals surface area contributed by atoms with Crippen LogP contribution in [0.15, 0.2) is 164 Å². The van der Waals surface area contributed by atoms with Gasteiger partial charge in [-0.3, -0.25) is 0 Å². The van der Waals surface area contributed by atoms with Crippen LogP contribution >= 0.6 is 0 Å². The molecule has 0 unspecified atom stereocenters. The normalized spacial score (nSPS) is 13.4. The number of hydrogen-bond acceptors (Lipinski definition) is 0. The summed E-state index contributed by atoms with van der Waals surface area (Å²) >= 11 is 0. The summed E-state index contributed by atoms with van der Waals surface area (Å²) in [6.45, 7) is 11.0. The van der Waals surface area contributed by atoms with Crippen molar-refractivity contribution < 1.29 is 0 Å². The third-order valence-electron chi connectivity index (χ3n) is 11.4. The van der Waals surface area contributed by atoms with E-state index >= 15 is 0 Å². The topological polar surface area (TPSA) is 9.86 Å². The zero-order chi connectivity index (χ0) is 35.1. The van der Waals surface area contributed by atoms with Gasteiger partial charge in [0.15, 0.2) is 0 Å². The first kappa shape index (κ1) is 30.4. The number of fused-ring (bicyclic) bond motifs is 10. The molecule has 2 nitrogen and oxygen atoms in total. The summed E-state index contributed by atoms with van der Waals surface area (Å²) in [6.07, 6.45) is 6.12. The van der Waals surface area contributed by atoms with E-state index in [4.69, 9.17) is 0 Å². The Morgan fingerprint density at radius 1 is 0.596 bits per heavy atom. The van der Waals surface area contributed by atoms with Crippen molar-refractivity contribution in [2.45, 2.75) is 26.2 Å². The molecule has 2 heterocycles. The molecule has 0 saturated carbocycles. The van der Waals surface area contributed by atoms with E-state index in [9.17, 15) is 0 Å². The van der Waals surface area contributed by atoms with Crippen LogP contribution in [0.4, 0.5) is 0 Å². The minimum atomic E-state index is -0.219. The predicted octanol–water partition coefficient (Wildman–Crippen LogP) is 13.4. The van der Waals surface area contributed by atoms with Crippen molar-refractivity contribution in [3.63, 3.8) is 0 Å². The summed E-state index contributed by atoms with van der Waals surface area (Å²) in [4.78, 5) is 0. The summed E-state index contributed by atoms with van der Waals surface area (Å²) in [5, 5.41) is 6.37. The Hall–Kier alpha value is -6.38. The van der Waals surface area contributed by atoms with E-state index in [1.54, 1.807) is 0 Å². The van der Waals surface area contributed by atoms with Gasteiger partial charge < -0.3 is 9.13 Å². The molecule has 0 amide bonds. The Labute approximate surface area is 304 Å². The van der Waals surface area contributed by atoms with Crippen LogP contribution < -0.4 is 0 Å². The quantitative estimate of drug-likeness (QED) is 0.162. The lowest BCUT2D eigenvalue weighted by molar-refractivity contribution is 0.664. The van der Waals surface area contributed by atoms with Crippen molar-refractivity contribution in [1.29, 1.82) is 0 Å². The maximum absolute atomic E-state index is 3.99. The van der Waals surface area contributed by atoms with Crippen molar-refractivity contribution in [1.82, 2.24) is 9.13 Å². The fourth-order valence-electron chi connectivity index (χ4n) is 9.18. The summed E-state index contributed by atoms with van der Waals surface area (Å²) in [5.41, 5.74) is 16.1. The lowest BCUT2D eigenvalue weighted by atomic mass is 9.80. The molecule has 2 aromatic heterocycles. The van der Waals surface area contributed by atoms with Crippen LogP contribution in [0, 0.1) is 6.92 Å². The van der Waals surface area contributed by atoms with Gasteiger partial charge in [-0.1, -0.05) is 136 Å². The molecular formula is C50H38N2. The molecule has 9 aromatic rings. The first-order chi connectivity index (χ1) is 25.5. The van der Waals surface area contributed by atoms with Gasteiger partial charge in [-0.2, -0.15) is 0 Å². The van der Waals surface area contributed by atoms with Crippen molar-refractivity contribution in [2.24, 2.45) is 0 Å². The van der Waals surface area contributed by atoms with Crippen molar-refractivity contribution >= 4 is 49.6 Å². The van der Waals surface area contributed by atoms with E-state index in [0.29, 0.717) is 0 Å². The zero-order valence-electron chi connectivity index (χ0n) is 29.7. The number of hydrogen-bond donors (Lipinski definition) is 0. The summed E-state index contributed by atoms with van der Waals surface area (Å²) < 4.78 is 4.90. The van der Waals surface area contributed by atoms with E-state index < -0.39 is 0 Å². The summed E-state index contributed by atoms with van der Waals surface area (Å²) in [7, 11) is 0. The van der Waals surface area contributed by atoms with Gasteiger partial charge in [-0.25, -0.2) is 0 Å². The van der Waals surface area contributed by atoms with Gasteiger partial charge in [0.2, 0.25) is 0 Å². The SMILES string of the molecule is C=C/C=C\c1c(C)n(-c2ccccc2)c2ccc(-c3cc4c(c5c3c3ccccc3n5-c3ccccc3)C(C)(C)c3ccc5ccccc5c3-4)cc12. The molecule has 1 aliphatic rings. The van der Waals surface area contributed by atoms with Crippen LogP contribution in [0.2, 0.25) is 0 Å². The highest BCUT2D eigenvalue weighted by Crippen LogP contribution is 2.57. The molecule has 0 radical (unpaired) electrons. The molecule has 0 saturated heterocycles. The second-order valence-electron chi connectivity index (χ2n) is 14.6. The molecule has 248 valence electrons. The number of allylic oxidation sites excluding steroid dienone is 2. The molecule has 0 N–H and O–H groups in total. The van der Waals surface area contributed by atoms with E-state index in [0.717, 1.165) is 5.69 Å². The van der Waals surface area contributed by atoms with E-state index in [-0.39, 0.29) is 5.41 Å². The van der Waals surface area contributed by atoms with Gasteiger partial charge in [0.05, 0.1) is 16.6 Å². The number of para-hydroxylation sites is 3. The number of benzene rings is 7. The maximum atomic E-state index is 3.99. The van der Waals surface area contributed by atoms with E-state index in [2.05, 4.69) is 194 Å². The summed E-state index contributed by atoms with van der Waals surface area (Å²) in [6, 6.07) is 53.7. The van der Waals surface area contributed by atoms with Gasteiger partial charge in [-0.05, 0) is 99.6 Å². The monoisotopic (exact) mass is 666 g/mol. The molecule has 0 aliphatic heterocycles. The number of rotatable bonds is 5. The van der Waals surface area contributed by atoms with Gasteiger partial charge in [0.25, 0.3) is 0 Å². The largest absolute Gasteiger partial charge is 0.313 e. The first-order valence-corrected chi connectivity index (χ1v) is 18.2. The van der Waals surface area contributed by atoms with E-state index in [1.807, 2.05) is 6.08 Å². The first-order valence-electron chi connectivity index (χ1n) is 18.2. The van der Waals surface area contributed by atoms with E-state index in [1.165, 1.54) is 93.8 Å². The van der Waals surface area contributed by atoms with Gasteiger partial charge >= 0.3 is 0 Å². The minimum Gasteiger partial charge on any atom is -0.313 e. The lowest BCUT2D eigenvalue weighted by Crippen LogP contribution is -2.16. The molecule has 0 fully saturated rings. The van der Waals surface area contributed by atoms with Crippen molar-refractivity contribution in [3.05, 3.63) is 187 Å². The average molecular weight is 667 g/mol. The Bertz CT molecular complexity index is 2930. The number of nitrogens with zero attached hydrogens (tertiary/aromatic N) is 2. The zero-order valence-corrected chi connectivity index (χ0v) is 29.7. The Morgan fingerprint density at radius 3 is 2.00 bits per heavy atom. The second kappa shape index (κ2) is 11.3. The molecule has 2 heteroatoms. The van der Waals surface area contributed by atoms with Crippen LogP contribution in [-0.2, 0) is 5.41 Å². The maximum Gasteiger partial charge on any atom is 0.0594 e. The van der Waals surface area contributed by atoms with Crippen LogP contribution in [0.3, 0.4) is 0 Å². The Kier molecular flexibility index (Phi) is 6.62. The van der Waals surface area contributed by atoms with Crippen LogP contribution in [0.25, 0.3) is 83.2 Å². The summed E-state index contributed by atoms with van der Waals surface area (Å²) in [5.74, 6) is 0. The van der Waals surface area contributed by atoms with Gasteiger partial charge in [0.1, 0.15) is 0 Å². The van der Waals surface area contributed by atoms with Crippen LogP contribution in [-0.4, -0.2) is 9.13 Å². The Balaban J connectivity index is 1.38. The molecular weight excluding hydrogens is 629 g/mol. The Morgan fingerprint density at radius 2 is 1.25 bits per heavy atom. The molecule has 10 rings (SSSR count). The lowest BCUT2D eigenvalue weighted by Gasteiger charge is -2.24. The predicted molar refractivity (Wildman–Crippen MR) is 222 cm³/mol. The average Bonchev–Trinajstić information content (AvgIpc) is 3.75. The third kappa shape index (κ3) is 4.18. The molecule has 1 aliphatic carbocycles.